The van der Waals surface area contributed by atoms with Crippen LogP contribution in [0.3, 0.4) is 0 Å². The number of fused-ring (bicyclic) bond motifs is 1. The van der Waals surface area contributed by atoms with Crippen molar-refractivity contribution in [2.45, 2.75) is 31.6 Å². The number of hydrogen-bond acceptors (Lipinski definition) is 2. The van der Waals surface area contributed by atoms with Crippen molar-refractivity contribution in [3.8, 4) is 11.4 Å². The van der Waals surface area contributed by atoms with Crippen LogP contribution in [0, 0.1) is 0 Å². The molecule has 110 valence electrons. The molecule has 0 unspecified atom stereocenters. The minimum Gasteiger partial charge on any atom is -0.232 e. The maximum absolute atomic E-state index is 4.97. The van der Waals surface area contributed by atoms with Crippen LogP contribution in [0.5, 0.6) is 0 Å². The summed E-state index contributed by atoms with van der Waals surface area (Å²) in [5.41, 5.74) is 3.34. The van der Waals surface area contributed by atoms with E-state index in [2.05, 4.69) is 46.3 Å². The molecule has 0 N–H and O–H groups in total. The number of nitrogens with zero attached hydrogens (tertiary/aromatic N) is 2. The van der Waals surface area contributed by atoms with Crippen LogP contribution in [0.15, 0.2) is 53.0 Å². The van der Waals surface area contributed by atoms with Gasteiger partial charge in [0.05, 0.1) is 11.2 Å². The molecular formula is C19H17BrN2. The fraction of sp³-hybridized carbons (Fsp3) is 0.263. The number of halogens is 1. The molecule has 3 heteroatoms. The predicted octanol–water partition coefficient (Wildman–Crippen LogP) is 5.72. The average molecular weight is 353 g/mol. The van der Waals surface area contributed by atoms with Crippen molar-refractivity contribution in [2.75, 3.05) is 0 Å². The van der Waals surface area contributed by atoms with Gasteiger partial charge < -0.3 is 0 Å². The third kappa shape index (κ3) is 2.44. The Balaban J connectivity index is 1.95. The third-order valence-electron chi connectivity index (χ3n) is 4.49. The molecule has 0 radical (unpaired) electrons. The average Bonchev–Trinajstić information content (AvgIpc) is 3.08. The highest BCUT2D eigenvalue weighted by atomic mass is 79.9. The van der Waals surface area contributed by atoms with E-state index in [1.165, 1.54) is 36.8 Å². The summed E-state index contributed by atoms with van der Waals surface area (Å²) in [6.07, 6.45) is 5.12. The Morgan fingerprint density at radius 3 is 2.41 bits per heavy atom. The minimum absolute atomic E-state index is 0.578. The Morgan fingerprint density at radius 2 is 1.59 bits per heavy atom. The summed E-state index contributed by atoms with van der Waals surface area (Å²) in [6, 6.07) is 16.6. The SMILES string of the molecule is Brc1ccccc1-c1nc(C2CCCC2)c2ccccc2n1. The Hall–Kier alpha value is -1.74. The zero-order chi connectivity index (χ0) is 14.9. The first kappa shape index (κ1) is 13.9. The molecule has 0 amide bonds. The zero-order valence-electron chi connectivity index (χ0n) is 12.3. The van der Waals surface area contributed by atoms with Crippen molar-refractivity contribution >= 4 is 26.8 Å². The number of hydrogen-bond donors (Lipinski definition) is 0. The molecule has 0 spiro atoms. The van der Waals surface area contributed by atoms with Gasteiger partial charge in [0.2, 0.25) is 0 Å². The van der Waals surface area contributed by atoms with E-state index >= 15 is 0 Å². The lowest BCUT2D eigenvalue weighted by molar-refractivity contribution is 0.704. The number of para-hydroxylation sites is 1. The summed E-state index contributed by atoms with van der Waals surface area (Å²) in [4.78, 5) is 9.77. The van der Waals surface area contributed by atoms with E-state index in [4.69, 9.17) is 9.97 Å². The maximum atomic E-state index is 4.97. The fourth-order valence-electron chi connectivity index (χ4n) is 3.37. The van der Waals surface area contributed by atoms with Gasteiger partial charge in [-0.3, -0.25) is 0 Å². The van der Waals surface area contributed by atoms with Gasteiger partial charge in [0.1, 0.15) is 0 Å². The van der Waals surface area contributed by atoms with Gasteiger partial charge >= 0.3 is 0 Å². The molecule has 0 bridgehead atoms. The zero-order valence-corrected chi connectivity index (χ0v) is 13.9. The van der Waals surface area contributed by atoms with E-state index in [0.29, 0.717) is 5.92 Å². The van der Waals surface area contributed by atoms with E-state index in [0.717, 1.165) is 21.4 Å². The number of aromatic nitrogens is 2. The highest BCUT2D eigenvalue weighted by Gasteiger charge is 2.22. The molecule has 2 aromatic carbocycles. The molecule has 1 aliphatic carbocycles. The molecule has 3 aromatic rings. The van der Waals surface area contributed by atoms with Crippen LogP contribution in [0.2, 0.25) is 0 Å². The van der Waals surface area contributed by atoms with Crippen LogP contribution in [-0.4, -0.2) is 9.97 Å². The second-order valence-corrected chi connectivity index (χ2v) is 6.77. The van der Waals surface area contributed by atoms with Crippen molar-refractivity contribution in [3.05, 3.63) is 58.7 Å². The van der Waals surface area contributed by atoms with Gasteiger partial charge in [0.15, 0.2) is 5.82 Å². The third-order valence-corrected chi connectivity index (χ3v) is 5.18. The van der Waals surface area contributed by atoms with E-state index in [1.807, 2.05) is 18.2 Å². The molecule has 2 nitrogen and oxygen atoms in total. The molecular weight excluding hydrogens is 336 g/mol. The minimum atomic E-state index is 0.578. The van der Waals surface area contributed by atoms with Crippen LogP contribution in [0.25, 0.3) is 22.3 Å². The molecule has 1 aliphatic rings. The van der Waals surface area contributed by atoms with E-state index < -0.39 is 0 Å². The lowest BCUT2D eigenvalue weighted by atomic mass is 9.99. The summed E-state index contributed by atoms with van der Waals surface area (Å²) in [5.74, 6) is 1.40. The molecule has 0 atom stereocenters. The standard InChI is InChI=1S/C19H17BrN2/c20-16-11-5-3-9-14(16)19-21-17-12-6-4-10-15(17)18(22-19)13-7-1-2-8-13/h3-6,9-13H,1-2,7-8H2. The summed E-state index contributed by atoms with van der Waals surface area (Å²) in [7, 11) is 0. The van der Waals surface area contributed by atoms with Gasteiger partial charge in [-0.05, 0) is 25.0 Å². The Morgan fingerprint density at radius 1 is 0.864 bits per heavy atom. The molecule has 1 fully saturated rings. The smallest absolute Gasteiger partial charge is 0.161 e. The van der Waals surface area contributed by atoms with Crippen LogP contribution in [0.1, 0.15) is 37.3 Å². The van der Waals surface area contributed by atoms with Gasteiger partial charge in [0, 0.05) is 21.3 Å². The highest BCUT2D eigenvalue weighted by molar-refractivity contribution is 9.10. The quantitative estimate of drug-likeness (QED) is 0.589. The molecule has 22 heavy (non-hydrogen) atoms. The summed E-state index contributed by atoms with van der Waals surface area (Å²) >= 11 is 3.63. The van der Waals surface area contributed by atoms with E-state index in [1.54, 1.807) is 0 Å². The fourth-order valence-corrected chi connectivity index (χ4v) is 3.84. The molecule has 1 heterocycles. The van der Waals surface area contributed by atoms with Gasteiger partial charge in [0.25, 0.3) is 0 Å². The van der Waals surface area contributed by atoms with Gasteiger partial charge in [-0.1, -0.05) is 65.2 Å². The monoisotopic (exact) mass is 352 g/mol. The number of rotatable bonds is 2. The molecule has 0 aliphatic heterocycles. The summed E-state index contributed by atoms with van der Waals surface area (Å²) < 4.78 is 1.04. The maximum Gasteiger partial charge on any atom is 0.161 e. The second-order valence-electron chi connectivity index (χ2n) is 5.91. The Bertz CT molecular complexity index is 823. The first-order valence-corrected chi connectivity index (χ1v) is 8.64. The van der Waals surface area contributed by atoms with Gasteiger partial charge in [-0.2, -0.15) is 0 Å². The van der Waals surface area contributed by atoms with Gasteiger partial charge in [-0.25, -0.2) is 9.97 Å². The van der Waals surface area contributed by atoms with E-state index in [9.17, 15) is 0 Å². The van der Waals surface area contributed by atoms with Crippen LogP contribution < -0.4 is 0 Å². The second kappa shape index (κ2) is 5.81. The van der Waals surface area contributed by atoms with Crippen molar-refractivity contribution in [3.63, 3.8) is 0 Å². The molecule has 1 saturated carbocycles. The first-order valence-electron chi connectivity index (χ1n) is 7.84. The normalized spacial score (nSPS) is 15.5. The lowest BCUT2D eigenvalue weighted by Gasteiger charge is -2.14. The topological polar surface area (TPSA) is 25.8 Å². The van der Waals surface area contributed by atoms with Gasteiger partial charge in [-0.15, -0.1) is 0 Å². The predicted molar refractivity (Wildman–Crippen MR) is 93.9 cm³/mol. The Labute approximate surface area is 138 Å². The van der Waals surface area contributed by atoms with Crippen molar-refractivity contribution in [2.24, 2.45) is 0 Å². The lowest BCUT2D eigenvalue weighted by Crippen LogP contribution is -2.02. The first-order chi connectivity index (χ1) is 10.8. The largest absolute Gasteiger partial charge is 0.232 e. The van der Waals surface area contributed by atoms with Crippen molar-refractivity contribution in [1.29, 1.82) is 0 Å². The van der Waals surface area contributed by atoms with Crippen LogP contribution in [0.4, 0.5) is 0 Å². The Kier molecular flexibility index (Phi) is 3.67. The van der Waals surface area contributed by atoms with Crippen molar-refractivity contribution in [1.82, 2.24) is 9.97 Å². The van der Waals surface area contributed by atoms with Crippen LogP contribution in [-0.2, 0) is 0 Å². The van der Waals surface area contributed by atoms with Crippen LogP contribution >= 0.6 is 15.9 Å². The summed E-state index contributed by atoms with van der Waals surface area (Å²) in [5, 5.41) is 1.21. The number of benzene rings is 2. The summed E-state index contributed by atoms with van der Waals surface area (Å²) in [6.45, 7) is 0. The van der Waals surface area contributed by atoms with E-state index in [-0.39, 0.29) is 0 Å². The highest BCUT2D eigenvalue weighted by Crippen LogP contribution is 2.37. The molecule has 1 aromatic heterocycles. The molecule has 4 rings (SSSR count). The molecule has 0 saturated heterocycles. The van der Waals surface area contributed by atoms with Crippen molar-refractivity contribution < 1.29 is 0 Å².